The largest absolute Gasteiger partial charge is 0.464 e. The van der Waals surface area contributed by atoms with Crippen molar-refractivity contribution in [2.24, 2.45) is 4.99 Å². The molecule has 0 saturated carbocycles. The maximum Gasteiger partial charge on any atom is 0.263 e. The highest BCUT2D eigenvalue weighted by Gasteiger charge is 2.31. The number of ether oxygens (including phenoxy) is 1. The first kappa shape index (κ1) is 14.8. The molecule has 1 aliphatic rings. The fourth-order valence-electron chi connectivity index (χ4n) is 2.36. The SMILES string of the molecule is COC[C@H](N=C1NS(=O)(=O)c2ccccc21)c1ccc(C)o1. The molecule has 22 heavy (non-hydrogen) atoms. The summed E-state index contributed by atoms with van der Waals surface area (Å²) in [6, 6.07) is 9.99. The Morgan fingerprint density at radius 1 is 1.27 bits per heavy atom. The third kappa shape index (κ3) is 2.65. The Morgan fingerprint density at radius 2 is 2.05 bits per heavy atom. The fourth-order valence-corrected chi connectivity index (χ4v) is 3.60. The Balaban J connectivity index is 2.03. The molecule has 2 aromatic rings. The molecule has 7 heteroatoms. The van der Waals surface area contributed by atoms with Crippen LogP contribution in [-0.4, -0.2) is 28.0 Å². The number of nitrogens with zero attached hydrogens (tertiary/aromatic N) is 1. The number of furan rings is 1. The molecule has 0 unspecified atom stereocenters. The average Bonchev–Trinajstić information content (AvgIpc) is 3.02. The first-order valence-corrected chi connectivity index (χ1v) is 8.25. The van der Waals surface area contributed by atoms with Gasteiger partial charge in [-0.2, -0.15) is 0 Å². The summed E-state index contributed by atoms with van der Waals surface area (Å²) < 4.78 is 37.4. The number of benzene rings is 1. The maximum absolute atomic E-state index is 12.1. The zero-order valence-corrected chi connectivity index (χ0v) is 13.1. The Bertz CT molecular complexity index is 824. The van der Waals surface area contributed by atoms with Gasteiger partial charge in [0.25, 0.3) is 10.0 Å². The molecule has 6 nitrogen and oxygen atoms in total. The predicted octanol–water partition coefficient (Wildman–Crippen LogP) is 2.01. The van der Waals surface area contributed by atoms with Crippen LogP contribution >= 0.6 is 0 Å². The predicted molar refractivity (Wildman–Crippen MR) is 81.4 cm³/mol. The highest BCUT2D eigenvalue weighted by atomic mass is 32.2. The van der Waals surface area contributed by atoms with Gasteiger partial charge in [0.2, 0.25) is 0 Å². The summed E-state index contributed by atoms with van der Waals surface area (Å²) in [7, 11) is -1.98. The van der Waals surface area contributed by atoms with Crippen molar-refractivity contribution in [3.63, 3.8) is 0 Å². The number of rotatable bonds is 4. The second-order valence-corrected chi connectivity index (χ2v) is 6.65. The van der Waals surface area contributed by atoms with Gasteiger partial charge in [0.1, 0.15) is 23.4 Å². The molecule has 0 fully saturated rings. The molecule has 0 saturated heterocycles. The van der Waals surface area contributed by atoms with Crippen molar-refractivity contribution in [1.82, 2.24) is 4.72 Å². The lowest BCUT2D eigenvalue weighted by atomic mass is 10.2. The lowest BCUT2D eigenvalue weighted by Crippen LogP contribution is -2.23. The van der Waals surface area contributed by atoms with Crippen LogP contribution in [0.3, 0.4) is 0 Å². The number of aryl methyl sites for hydroxylation is 1. The summed E-state index contributed by atoms with van der Waals surface area (Å²) in [5.74, 6) is 1.71. The number of aliphatic imine (C=N–C) groups is 1. The van der Waals surface area contributed by atoms with Crippen LogP contribution in [0.4, 0.5) is 0 Å². The van der Waals surface area contributed by atoms with Crippen molar-refractivity contribution in [1.29, 1.82) is 0 Å². The molecule has 1 aromatic carbocycles. The van der Waals surface area contributed by atoms with Gasteiger partial charge < -0.3 is 9.15 Å². The van der Waals surface area contributed by atoms with Crippen LogP contribution in [0.15, 0.2) is 50.7 Å². The van der Waals surface area contributed by atoms with Crippen molar-refractivity contribution in [3.05, 3.63) is 53.5 Å². The second kappa shape index (κ2) is 5.58. The van der Waals surface area contributed by atoms with Crippen molar-refractivity contribution in [2.45, 2.75) is 17.9 Å². The summed E-state index contributed by atoms with van der Waals surface area (Å²) in [6.45, 7) is 2.13. The molecular weight excluding hydrogens is 304 g/mol. The van der Waals surface area contributed by atoms with Crippen LogP contribution in [-0.2, 0) is 14.8 Å². The first-order chi connectivity index (χ1) is 10.5. The Kier molecular flexibility index (Phi) is 3.76. The van der Waals surface area contributed by atoms with E-state index in [9.17, 15) is 8.42 Å². The van der Waals surface area contributed by atoms with Gasteiger partial charge in [-0.15, -0.1) is 0 Å². The van der Waals surface area contributed by atoms with Crippen LogP contribution in [0.1, 0.15) is 23.1 Å². The van der Waals surface area contributed by atoms with Crippen molar-refractivity contribution in [3.8, 4) is 0 Å². The molecule has 0 radical (unpaired) electrons. The molecule has 2 heterocycles. The molecule has 0 amide bonds. The lowest BCUT2D eigenvalue weighted by Gasteiger charge is -2.10. The van der Waals surface area contributed by atoms with E-state index in [0.29, 0.717) is 23.8 Å². The van der Waals surface area contributed by atoms with Gasteiger partial charge >= 0.3 is 0 Å². The molecule has 1 N–H and O–H groups in total. The van der Waals surface area contributed by atoms with Crippen molar-refractivity contribution < 1.29 is 17.6 Å². The summed E-state index contributed by atoms with van der Waals surface area (Å²) in [5.41, 5.74) is 0.562. The number of sulfonamides is 1. The van der Waals surface area contributed by atoms with E-state index >= 15 is 0 Å². The van der Waals surface area contributed by atoms with E-state index in [4.69, 9.17) is 9.15 Å². The van der Waals surface area contributed by atoms with Crippen LogP contribution in [0, 0.1) is 6.92 Å². The normalized spacial score (nSPS) is 18.9. The van der Waals surface area contributed by atoms with E-state index in [1.54, 1.807) is 31.4 Å². The van der Waals surface area contributed by atoms with Gasteiger partial charge in [-0.05, 0) is 31.2 Å². The fraction of sp³-hybridized carbons (Fsp3) is 0.267. The Morgan fingerprint density at radius 3 is 2.73 bits per heavy atom. The Labute approximate surface area is 128 Å². The number of nitrogens with one attached hydrogen (secondary N) is 1. The van der Waals surface area contributed by atoms with E-state index < -0.39 is 16.1 Å². The van der Waals surface area contributed by atoms with Crippen molar-refractivity contribution >= 4 is 15.9 Å². The number of fused-ring (bicyclic) bond motifs is 1. The number of methoxy groups -OCH3 is 1. The Hall–Kier alpha value is -2.12. The van der Waals surface area contributed by atoms with Gasteiger partial charge in [0.05, 0.1) is 11.5 Å². The molecular formula is C15H16N2O4S. The zero-order chi connectivity index (χ0) is 15.7. The van der Waals surface area contributed by atoms with Gasteiger partial charge in [-0.25, -0.2) is 8.42 Å². The summed E-state index contributed by atoms with van der Waals surface area (Å²) in [4.78, 5) is 4.73. The van der Waals surface area contributed by atoms with Gasteiger partial charge in [0, 0.05) is 12.7 Å². The minimum Gasteiger partial charge on any atom is -0.464 e. The highest BCUT2D eigenvalue weighted by Crippen LogP contribution is 2.26. The van der Waals surface area contributed by atoms with Crippen LogP contribution in [0.2, 0.25) is 0 Å². The lowest BCUT2D eigenvalue weighted by molar-refractivity contribution is 0.173. The van der Waals surface area contributed by atoms with Crippen molar-refractivity contribution in [2.75, 3.05) is 13.7 Å². The topological polar surface area (TPSA) is 80.9 Å². The molecule has 1 atom stereocenters. The molecule has 3 rings (SSSR count). The smallest absolute Gasteiger partial charge is 0.263 e. The quantitative estimate of drug-likeness (QED) is 0.934. The van der Waals surface area contributed by atoms with Crippen LogP contribution in [0.25, 0.3) is 0 Å². The molecule has 116 valence electrons. The number of hydrogen-bond acceptors (Lipinski definition) is 5. The highest BCUT2D eigenvalue weighted by molar-refractivity contribution is 7.90. The molecule has 0 bridgehead atoms. The van der Waals surface area contributed by atoms with Gasteiger partial charge in [-0.1, -0.05) is 12.1 Å². The minimum atomic E-state index is -3.54. The van der Waals surface area contributed by atoms with E-state index in [1.807, 2.05) is 19.1 Å². The second-order valence-electron chi connectivity index (χ2n) is 5.00. The molecule has 0 spiro atoms. The van der Waals surface area contributed by atoms with Crippen LogP contribution < -0.4 is 4.72 Å². The molecule has 1 aromatic heterocycles. The molecule has 0 aliphatic carbocycles. The van der Waals surface area contributed by atoms with Gasteiger partial charge in [-0.3, -0.25) is 9.71 Å². The summed E-state index contributed by atoms with van der Waals surface area (Å²) in [6.07, 6.45) is 0. The maximum atomic E-state index is 12.1. The van der Waals surface area contributed by atoms with Gasteiger partial charge in [0.15, 0.2) is 0 Å². The standard InChI is InChI=1S/C15H16N2O4S/c1-10-7-8-13(21-10)12(9-20-2)16-15-11-5-3-4-6-14(11)22(18,19)17-15/h3-8,12H,9H2,1-2H3,(H,16,17)/t12-/m0/s1. The average molecular weight is 320 g/mol. The minimum absolute atomic E-state index is 0.237. The molecule has 1 aliphatic heterocycles. The van der Waals surface area contributed by atoms with Crippen LogP contribution in [0.5, 0.6) is 0 Å². The van der Waals surface area contributed by atoms with E-state index in [0.717, 1.165) is 5.76 Å². The third-order valence-corrected chi connectivity index (χ3v) is 4.76. The summed E-state index contributed by atoms with van der Waals surface area (Å²) in [5, 5.41) is 0. The number of hydrogen-bond donors (Lipinski definition) is 1. The zero-order valence-electron chi connectivity index (χ0n) is 12.2. The van der Waals surface area contributed by atoms with E-state index in [2.05, 4.69) is 9.71 Å². The third-order valence-electron chi connectivity index (χ3n) is 3.36. The first-order valence-electron chi connectivity index (χ1n) is 6.76. The van der Waals surface area contributed by atoms with E-state index in [1.165, 1.54) is 0 Å². The van der Waals surface area contributed by atoms with E-state index in [-0.39, 0.29) is 4.90 Å². The number of amidine groups is 1. The summed E-state index contributed by atoms with van der Waals surface area (Å²) >= 11 is 0. The monoisotopic (exact) mass is 320 g/mol.